The lowest BCUT2D eigenvalue weighted by Gasteiger charge is -2.16. The van der Waals surface area contributed by atoms with Crippen molar-refractivity contribution < 1.29 is 8.78 Å². The second-order valence-electron chi connectivity index (χ2n) is 4.76. The number of imidazole rings is 1. The van der Waals surface area contributed by atoms with Gasteiger partial charge in [-0.3, -0.25) is 0 Å². The van der Waals surface area contributed by atoms with E-state index in [4.69, 9.17) is 11.6 Å². The molecule has 1 aromatic carbocycles. The third-order valence-electron chi connectivity index (χ3n) is 3.41. The molecule has 0 amide bonds. The third-order valence-corrected chi connectivity index (χ3v) is 3.65. The molecule has 2 heterocycles. The highest BCUT2D eigenvalue weighted by molar-refractivity contribution is 6.16. The Bertz CT molecular complexity index is 810. The van der Waals surface area contributed by atoms with E-state index in [0.29, 0.717) is 17.2 Å². The van der Waals surface area contributed by atoms with Gasteiger partial charge in [0.15, 0.2) is 11.6 Å². The van der Waals surface area contributed by atoms with Crippen molar-refractivity contribution in [1.82, 2.24) is 24.3 Å². The molecule has 1 unspecified atom stereocenters. The largest absolute Gasteiger partial charge is 0.319 e. The van der Waals surface area contributed by atoms with Crippen molar-refractivity contribution in [2.75, 3.05) is 0 Å². The number of aromatic nitrogens is 5. The van der Waals surface area contributed by atoms with Crippen LogP contribution in [0.5, 0.6) is 0 Å². The predicted molar refractivity (Wildman–Crippen MR) is 74.0 cm³/mol. The number of benzene rings is 1. The maximum absolute atomic E-state index is 13.9. The molecule has 110 valence electrons. The highest BCUT2D eigenvalue weighted by Crippen LogP contribution is 2.27. The maximum Gasteiger partial charge on any atom is 0.155 e. The summed E-state index contributed by atoms with van der Waals surface area (Å²) in [5.74, 6) is -0.192. The summed E-state index contributed by atoms with van der Waals surface area (Å²) in [6.45, 7) is 1.85. The molecule has 21 heavy (non-hydrogen) atoms. The zero-order valence-electron chi connectivity index (χ0n) is 11.4. The summed E-state index contributed by atoms with van der Waals surface area (Å²) in [5.41, 5.74) is 0.444. The molecule has 0 saturated carbocycles. The van der Waals surface area contributed by atoms with Crippen LogP contribution in [0, 0.1) is 11.6 Å². The van der Waals surface area contributed by atoms with E-state index < -0.39 is 11.6 Å². The van der Waals surface area contributed by atoms with Gasteiger partial charge >= 0.3 is 0 Å². The van der Waals surface area contributed by atoms with E-state index in [1.165, 1.54) is 6.07 Å². The van der Waals surface area contributed by atoms with Gasteiger partial charge in [0, 0.05) is 19.2 Å². The number of rotatable bonds is 3. The monoisotopic (exact) mass is 311 g/mol. The molecule has 0 radical (unpaired) electrons. The molecule has 1 atom stereocenters. The van der Waals surface area contributed by atoms with E-state index in [0.717, 1.165) is 6.07 Å². The maximum atomic E-state index is 13.9. The number of nitrogens with zero attached hydrogens (tertiary/aromatic N) is 5. The van der Waals surface area contributed by atoms with Crippen molar-refractivity contribution in [2.45, 2.75) is 18.8 Å². The number of hydrogen-bond donors (Lipinski definition) is 0. The van der Waals surface area contributed by atoms with Gasteiger partial charge in [-0.1, -0.05) is 0 Å². The molecule has 0 saturated heterocycles. The highest BCUT2D eigenvalue weighted by Gasteiger charge is 2.22. The first-order valence-electron chi connectivity index (χ1n) is 6.28. The second-order valence-corrected chi connectivity index (χ2v) is 5.03. The SMILES string of the molecule is CC(c1nncn1C)n1c(CCl)nc2c(F)cc(F)cc21. The zero-order chi connectivity index (χ0) is 15.1. The van der Waals surface area contributed by atoms with Crippen molar-refractivity contribution in [2.24, 2.45) is 7.05 Å². The summed E-state index contributed by atoms with van der Waals surface area (Å²) in [5, 5.41) is 7.85. The molecular formula is C13H12ClF2N5. The number of hydrogen-bond acceptors (Lipinski definition) is 3. The molecule has 8 heteroatoms. The summed E-state index contributed by atoms with van der Waals surface area (Å²) in [6, 6.07) is 1.75. The minimum Gasteiger partial charge on any atom is -0.319 e. The van der Waals surface area contributed by atoms with Crippen LogP contribution in [0.15, 0.2) is 18.5 Å². The van der Waals surface area contributed by atoms with Crippen LogP contribution in [-0.2, 0) is 12.9 Å². The van der Waals surface area contributed by atoms with Crippen LogP contribution in [0.3, 0.4) is 0 Å². The van der Waals surface area contributed by atoms with Gasteiger partial charge in [-0.25, -0.2) is 13.8 Å². The van der Waals surface area contributed by atoms with Crippen molar-refractivity contribution in [3.05, 3.63) is 41.7 Å². The van der Waals surface area contributed by atoms with E-state index in [-0.39, 0.29) is 17.4 Å². The second kappa shape index (κ2) is 5.07. The lowest BCUT2D eigenvalue weighted by molar-refractivity contribution is 0.567. The minimum atomic E-state index is -0.708. The van der Waals surface area contributed by atoms with Crippen molar-refractivity contribution in [3.8, 4) is 0 Å². The molecule has 2 aromatic heterocycles. The standard InChI is InChI=1S/C13H12ClF2N5/c1-7(13-19-17-6-20(13)2)21-10-4-8(15)3-9(16)12(10)18-11(21)5-14/h3-4,6-7H,5H2,1-2H3. The van der Waals surface area contributed by atoms with E-state index in [2.05, 4.69) is 15.2 Å². The fourth-order valence-electron chi connectivity index (χ4n) is 2.48. The smallest absolute Gasteiger partial charge is 0.155 e. The van der Waals surface area contributed by atoms with E-state index in [1.807, 2.05) is 6.92 Å². The molecule has 5 nitrogen and oxygen atoms in total. The first-order chi connectivity index (χ1) is 10.0. The highest BCUT2D eigenvalue weighted by atomic mass is 35.5. The predicted octanol–water partition coefficient (Wildman–Crippen LogP) is 2.79. The Balaban J connectivity index is 2.28. The lowest BCUT2D eigenvalue weighted by Crippen LogP contribution is -2.14. The van der Waals surface area contributed by atoms with Gasteiger partial charge in [-0.15, -0.1) is 21.8 Å². The van der Waals surface area contributed by atoms with Crippen LogP contribution in [0.2, 0.25) is 0 Å². The molecule has 0 spiro atoms. The molecular weight excluding hydrogens is 300 g/mol. The average Bonchev–Trinajstić information content (AvgIpc) is 3.01. The number of halogens is 3. The lowest BCUT2D eigenvalue weighted by atomic mass is 10.2. The van der Waals surface area contributed by atoms with Crippen LogP contribution < -0.4 is 0 Å². The Morgan fingerprint density at radius 3 is 2.71 bits per heavy atom. The fraction of sp³-hybridized carbons (Fsp3) is 0.308. The van der Waals surface area contributed by atoms with Gasteiger partial charge in [0.05, 0.1) is 17.4 Å². The fourth-order valence-corrected chi connectivity index (χ4v) is 2.67. The molecule has 3 rings (SSSR count). The van der Waals surface area contributed by atoms with Crippen LogP contribution in [0.1, 0.15) is 24.6 Å². The van der Waals surface area contributed by atoms with Crippen LogP contribution in [-0.4, -0.2) is 24.3 Å². The van der Waals surface area contributed by atoms with Crippen molar-refractivity contribution in [3.63, 3.8) is 0 Å². The van der Waals surface area contributed by atoms with E-state index in [9.17, 15) is 8.78 Å². The number of fused-ring (bicyclic) bond motifs is 1. The van der Waals surface area contributed by atoms with Crippen molar-refractivity contribution >= 4 is 22.6 Å². The summed E-state index contributed by atoms with van der Waals surface area (Å²) in [4.78, 5) is 4.16. The van der Waals surface area contributed by atoms with Crippen LogP contribution in [0.25, 0.3) is 11.0 Å². The molecule has 0 bridgehead atoms. The number of aryl methyl sites for hydroxylation is 1. The molecule has 0 aliphatic rings. The van der Waals surface area contributed by atoms with Gasteiger partial charge < -0.3 is 9.13 Å². The van der Waals surface area contributed by atoms with E-state index in [1.54, 1.807) is 22.5 Å². The molecule has 0 aliphatic carbocycles. The Kier molecular flexibility index (Phi) is 3.36. The summed E-state index contributed by atoms with van der Waals surface area (Å²) >= 11 is 5.90. The van der Waals surface area contributed by atoms with E-state index >= 15 is 0 Å². The minimum absolute atomic E-state index is 0.0813. The summed E-state index contributed by atoms with van der Waals surface area (Å²) in [7, 11) is 1.80. The van der Waals surface area contributed by atoms with Gasteiger partial charge in [0.2, 0.25) is 0 Å². The Morgan fingerprint density at radius 2 is 2.10 bits per heavy atom. The van der Waals surface area contributed by atoms with Gasteiger partial charge in [-0.2, -0.15) is 0 Å². The molecule has 0 N–H and O–H groups in total. The van der Waals surface area contributed by atoms with Crippen LogP contribution in [0.4, 0.5) is 8.78 Å². The first-order valence-corrected chi connectivity index (χ1v) is 6.82. The number of alkyl halides is 1. The normalized spacial score (nSPS) is 13.0. The Hall–Kier alpha value is -2.02. The molecule has 0 fully saturated rings. The van der Waals surface area contributed by atoms with Crippen molar-refractivity contribution in [1.29, 1.82) is 0 Å². The third kappa shape index (κ3) is 2.17. The first kappa shape index (κ1) is 13.9. The van der Waals surface area contributed by atoms with Gasteiger partial charge in [0.25, 0.3) is 0 Å². The Morgan fingerprint density at radius 1 is 1.33 bits per heavy atom. The topological polar surface area (TPSA) is 48.5 Å². The van der Waals surface area contributed by atoms with Gasteiger partial charge in [-0.05, 0) is 6.92 Å². The average molecular weight is 312 g/mol. The zero-order valence-corrected chi connectivity index (χ0v) is 12.1. The summed E-state index contributed by atoms with van der Waals surface area (Å²) < 4.78 is 30.8. The Labute approximate surface area is 124 Å². The summed E-state index contributed by atoms with van der Waals surface area (Å²) in [6.07, 6.45) is 1.56. The van der Waals surface area contributed by atoms with Gasteiger partial charge in [0.1, 0.15) is 23.5 Å². The molecule has 3 aromatic rings. The molecule has 0 aliphatic heterocycles. The van der Waals surface area contributed by atoms with Crippen LogP contribution >= 0.6 is 11.6 Å². The quantitative estimate of drug-likeness (QED) is 0.699.